The SMILES string of the molecule is Cc1ccc2c(c1)[C@@H](N(Cc1cc(C(F)(F)F)cc(C(F)(F)F)c1)c1nnn(CCN)n1)C[C@@H](C)N2C(=O)OC(C)C. The topological polar surface area (TPSA) is 102 Å². The number of carbonyl (C=O) groups excluding carboxylic acids is 1. The maximum atomic E-state index is 13.7. The number of rotatable bonds is 7. The van der Waals surface area contributed by atoms with E-state index in [0.29, 0.717) is 23.4 Å². The largest absolute Gasteiger partial charge is 0.446 e. The van der Waals surface area contributed by atoms with Crippen LogP contribution in [0.15, 0.2) is 36.4 Å². The second-order valence-corrected chi connectivity index (χ2v) is 10.5. The molecule has 0 spiro atoms. The molecule has 0 radical (unpaired) electrons. The summed E-state index contributed by atoms with van der Waals surface area (Å²) in [4.78, 5) is 17.3. The number of carbonyl (C=O) groups is 1. The number of alkyl halides is 6. The average Bonchev–Trinajstić information content (AvgIpc) is 3.34. The summed E-state index contributed by atoms with van der Waals surface area (Å²) in [5, 5.41) is 12.3. The minimum atomic E-state index is -5.01. The lowest BCUT2D eigenvalue weighted by molar-refractivity contribution is -0.143. The molecule has 0 unspecified atom stereocenters. The zero-order valence-corrected chi connectivity index (χ0v) is 23.4. The van der Waals surface area contributed by atoms with Crippen LogP contribution in [0.1, 0.15) is 61.1 Å². The molecule has 0 saturated heterocycles. The fraction of sp³-hybridized carbons (Fsp3) is 0.481. The standard InChI is InChI=1S/C27H31F6N7O2/c1-15(2)42-25(41)40-17(4)10-23(21-9-16(3)5-6-22(21)40)38(24-35-37-39(36-24)8-7-34)14-18-11-19(26(28,29)30)13-20(12-18)27(31,32)33/h5-6,9,11-13,15,17,23H,7-8,10,14,34H2,1-4H3/t17-,23+/m1/s1. The Hall–Kier alpha value is -3.88. The fourth-order valence-corrected chi connectivity index (χ4v) is 4.97. The van der Waals surface area contributed by atoms with Gasteiger partial charge in [0.1, 0.15) is 0 Å². The summed E-state index contributed by atoms with van der Waals surface area (Å²) in [7, 11) is 0. The Morgan fingerprint density at radius 2 is 1.74 bits per heavy atom. The van der Waals surface area contributed by atoms with Crippen LogP contribution in [-0.4, -0.2) is 45.0 Å². The van der Waals surface area contributed by atoms with Crippen LogP contribution in [0.5, 0.6) is 0 Å². The quantitative estimate of drug-likeness (QED) is 0.339. The molecule has 3 aromatic rings. The van der Waals surface area contributed by atoms with E-state index in [1.54, 1.807) is 32.9 Å². The van der Waals surface area contributed by atoms with E-state index in [1.807, 2.05) is 13.0 Å². The normalized spacial score (nSPS) is 17.4. The number of nitrogens with zero attached hydrogens (tertiary/aromatic N) is 6. The zero-order valence-electron chi connectivity index (χ0n) is 23.4. The van der Waals surface area contributed by atoms with Crippen molar-refractivity contribution >= 4 is 17.7 Å². The van der Waals surface area contributed by atoms with Crippen LogP contribution in [0.25, 0.3) is 0 Å². The van der Waals surface area contributed by atoms with Gasteiger partial charge in [-0.2, -0.15) is 31.1 Å². The zero-order chi connectivity index (χ0) is 31.0. The first-order valence-electron chi connectivity index (χ1n) is 13.2. The smallest absolute Gasteiger partial charge is 0.416 e. The highest BCUT2D eigenvalue weighted by atomic mass is 19.4. The molecule has 15 heteroatoms. The van der Waals surface area contributed by atoms with Crippen LogP contribution in [0, 0.1) is 6.92 Å². The molecule has 0 bridgehead atoms. The van der Waals surface area contributed by atoms with E-state index in [2.05, 4.69) is 15.4 Å². The minimum absolute atomic E-state index is 0.0164. The molecule has 42 heavy (non-hydrogen) atoms. The lowest BCUT2D eigenvalue weighted by Gasteiger charge is -2.43. The molecule has 228 valence electrons. The van der Waals surface area contributed by atoms with Crippen LogP contribution in [-0.2, 0) is 30.2 Å². The van der Waals surface area contributed by atoms with Crippen LogP contribution in [0.2, 0.25) is 0 Å². The lowest BCUT2D eigenvalue weighted by atomic mass is 9.89. The molecule has 1 amide bonds. The highest BCUT2D eigenvalue weighted by molar-refractivity contribution is 5.90. The number of aromatic nitrogens is 4. The van der Waals surface area contributed by atoms with Gasteiger partial charge in [-0.25, -0.2) is 4.79 Å². The Labute approximate surface area is 238 Å². The third-order valence-electron chi connectivity index (χ3n) is 6.74. The highest BCUT2D eigenvalue weighted by Gasteiger charge is 2.40. The lowest BCUT2D eigenvalue weighted by Crippen LogP contribution is -2.47. The van der Waals surface area contributed by atoms with Crippen molar-refractivity contribution in [2.24, 2.45) is 5.73 Å². The summed E-state index contributed by atoms with van der Waals surface area (Å²) >= 11 is 0. The van der Waals surface area contributed by atoms with E-state index in [1.165, 1.54) is 14.6 Å². The van der Waals surface area contributed by atoms with Gasteiger partial charge >= 0.3 is 18.4 Å². The first-order chi connectivity index (χ1) is 19.6. The van der Waals surface area contributed by atoms with Gasteiger partial charge in [-0.15, -0.1) is 5.10 Å². The molecule has 0 fully saturated rings. The molecule has 2 atom stereocenters. The van der Waals surface area contributed by atoms with Gasteiger partial charge in [-0.05, 0) is 74.7 Å². The fourth-order valence-electron chi connectivity index (χ4n) is 4.97. The second-order valence-electron chi connectivity index (χ2n) is 10.5. The number of fused-ring (bicyclic) bond motifs is 1. The summed E-state index contributed by atoms with van der Waals surface area (Å²) in [5.41, 5.74) is 4.41. The number of ether oxygens (including phenoxy) is 1. The second kappa shape index (κ2) is 11.8. The summed E-state index contributed by atoms with van der Waals surface area (Å²) in [5.74, 6) is -0.0164. The molecular weight excluding hydrogens is 568 g/mol. The van der Waals surface area contributed by atoms with Crippen molar-refractivity contribution in [2.75, 3.05) is 16.3 Å². The van der Waals surface area contributed by atoms with E-state index in [0.717, 1.165) is 5.56 Å². The Morgan fingerprint density at radius 3 is 2.31 bits per heavy atom. The molecular formula is C27H31F6N7O2. The summed E-state index contributed by atoms with van der Waals surface area (Å²) in [6, 6.07) is 5.67. The number of nitrogens with two attached hydrogens (primary N) is 1. The van der Waals surface area contributed by atoms with Gasteiger partial charge in [0, 0.05) is 19.1 Å². The number of anilines is 2. The predicted octanol–water partition coefficient (Wildman–Crippen LogP) is 5.87. The third kappa shape index (κ3) is 6.77. The molecule has 9 nitrogen and oxygen atoms in total. The van der Waals surface area contributed by atoms with Gasteiger partial charge in [-0.1, -0.05) is 22.8 Å². The van der Waals surface area contributed by atoms with Crippen molar-refractivity contribution in [1.82, 2.24) is 20.2 Å². The van der Waals surface area contributed by atoms with Crippen molar-refractivity contribution in [3.8, 4) is 0 Å². The van der Waals surface area contributed by atoms with Crippen molar-refractivity contribution in [1.29, 1.82) is 0 Å². The van der Waals surface area contributed by atoms with Gasteiger partial charge in [-0.3, -0.25) is 4.90 Å². The summed E-state index contributed by atoms with van der Waals surface area (Å²) in [6.45, 7) is 6.99. The maximum Gasteiger partial charge on any atom is 0.416 e. The van der Waals surface area contributed by atoms with E-state index in [-0.39, 0.29) is 37.1 Å². The number of hydrogen-bond donors (Lipinski definition) is 1. The van der Waals surface area contributed by atoms with E-state index in [4.69, 9.17) is 10.5 Å². The minimum Gasteiger partial charge on any atom is -0.446 e. The monoisotopic (exact) mass is 599 g/mol. The third-order valence-corrected chi connectivity index (χ3v) is 6.74. The molecule has 1 aliphatic rings. The number of aryl methyl sites for hydroxylation is 1. The number of hydrogen-bond acceptors (Lipinski definition) is 7. The average molecular weight is 600 g/mol. The molecule has 0 aliphatic carbocycles. The van der Waals surface area contributed by atoms with Gasteiger partial charge in [0.15, 0.2) is 0 Å². The van der Waals surface area contributed by atoms with Crippen LogP contribution < -0.4 is 15.5 Å². The van der Waals surface area contributed by atoms with Crippen LogP contribution in [0.4, 0.5) is 42.8 Å². The first kappa shape index (κ1) is 31.1. The van der Waals surface area contributed by atoms with E-state index < -0.39 is 54.3 Å². The Balaban J connectivity index is 1.86. The number of benzene rings is 2. The van der Waals surface area contributed by atoms with Crippen molar-refractivity contribution < 1.29 is 35.9 Å². The number of tetrazole rings is 1. The predicted molar refractivity (Wildman–Crippen MR) is 142 cm³/mol. The first-order valence-corrected chi connectivity index (χ1v) is 13.2. The van der Waals surface area contributed by atoms with Gasteiger partial charge in [0.2, 0.25) is 0 Å². The molecule has 2 aromatic carbocycles. The van der Waals surface area contributed by atoms with Crippen molar-refractivity contribution in [2.45, 2.75) is 77.7 Å². The van der Waals surface area contributed by atoms with Crippen LogP contribution >= 0.6 is 0 Å². The highest BCUT2D eigenvalue weighted by Crippen LogP contribution is 2.44. The van der Waals surface area contributed by atoms with Gasteiger partial charge in [0.05, 0.1) is 35.5 Å². The van der Waals surface area contributed by atoms with Gasteiger partial charge < -0.3 is 15.4 Å². The summed E-state index contributed by atoms with van der Waals surface area (Å²) < 4.78 is 87.4. The number of halogens is 6. The molecule has 2 heterocycles. The van der Waals surface area contributed by atoms with Crippen LogP contribution in [0.3, 0.4) is 0 Å². The molecule has 0 saturated carbocycles. The Kier molecular flexibility index (Phi) is 8.71. The molecule has 1 aromatic heterocycles. The van der Waals surface area contributed by atoms with Crippen molar-refractivity contribution in [3.05, 3.63) is 64.2 Å². The van der Waals surface area contributed by atoms with E-state index >= 15 is 0 Å². The molecule has 1 aliphatic heterocycles. The maximum absolute atomic E-state index is 13.7. The molecule has 4 rings (SSSR count). The number of amides is 1. The van der Waals surface area contributed by atoms with Gasteiger partial charge in [0.25, 0.3) is 5.95 Å². The summed E-state index contributed by atoms with van der Waals surface area (Å²) in [6.07, 6.45) is -10.8. The van der Waals surface area contributed by atoms with Crippen molar-refractivity contribution in [3.63, 3.8) is 0 Å². The molecule has 2 N–H and O–H groups in total. The Bertz CT molecular complexity index is 1390. The Morgan fingerprint density at radius 1 is 1.10 bits per heavy atom. The van der Waals surface area contributed by atoms with E-state index in [9.17, 15) is 31.1 Å².